The first kappa shape index (κ1) is 12.6. The molecule has 1 heterocycles. The van der Waals surface area contributed by atoms with Crippen molar-refractivity contribution in [1.82, 2.24) is 10.6 Å². The van der Waals surface area contributed by atoms with E-state index < -0.39 is 10.8 Å². The first-order valence-corrected chi connectivity index (χ1v) is 7.12. The minimum absolute atomic E-state index is 0.108. The summed E-state index contributed by atoms with van der Waals surface area (Å²) in [4.78, 5) is 11.7. The lowest BCUT2D eigenvalue weighted by atomic mass is 9.97. The van der Waals surface area contributed by atoms with Gasteiger partial charge in [0.25, 0.3) is 0 Å². The summed E-state index contributed by atoms with van der Waals surface area (Å²) in [5.41, 5.74) is 0. The zero-order valence-corrected chi connectivity index (χ0v) is 10.2. The van der Waals surface area contributed by atoms with Crippen LogP contribution in [0.4, 0.5) is 0 Å². The molecule has 0 aliphatic carbocycles. The van der Waals surface area contributed by atoms with E-state index in [0.717, 1.165) is 19.5 Å². The number of hydrogen-bond donors (Lipinski definition) is 2. The highest BCUT2D eigenvalue weighted by atomic mass is 32.2. The van der Waals surface area contributed by atoms with Crippen molar-refractivity contribution in [3.8, 4) is 0 Å². The molecular weight excluding hydrogens is 212 g/mol. The molecule has 2 N–H and O–H groups in total. The lowest BCUT2D eigenvalue weighted by Crippen LogP contribution is -2.35. The molecule has 0 bridgehead atoms. The van der Waals surface area contributed by atoms with Gasteiger partial charge in [-0.25, -0.2) is 0 Å². The molecule has 1 rings (SSSR count). The molecule has 1 aliphatic rings. The highest BCUT2D eigenvalue weighted by molar-refractivity contribution is 7.84. The van der Waals surface area contributed by atoms with Gasteiger partial charge in [-0.1, -0.05) is 6.92 Å². The summed E-state index contributed by atoms with van der Waals surface area (Å²) < 4.78 is 10.8. The summed E-state index contributed by atoms with van der Waals surface area (Å²) in [5, 5.41) is 6.10. The number of amides is 1. The van der Waals surface area contributed by atoms with Crippen LogP contribution >= 0.6 is 0 Å². The monoisotopic (exact) mass is 232 g/mol. The van der Waals surface area contributed by atoms with Crippen LogP contribution in [-0.4, -0.2) is 41.8 Å². The molecule has 3 unspecified atom stereocenters. The molecule has 4 nitrogen and oxygen atoms in total. The Labute approximate surface area is 93.7 Å². The van der Waals surface area contributed by atoms with E-state index in [4.69, 9.17) is 0 Å². The Morgan fingerprint density at radius 2 is 2.27 bits per heavy atom. The predicted molar refractivity (Wildman–Crippen MR) is 62.1 cm³/mol. The van der Waals surface area contributed by atoms with Crippen molar-refractivity contribution >= 4 is 16.7 Å². The lowest BCUT2D eigenvalue weighted by molar-refractivity contribution is -0.125. The van der Waals surface area contributed by atoms with Crippen LogP contribution < -0.4 is 10.6 Å². The molecule has 15 heavy (non-hydrogen) atoms. The van der Waals surface area contributed by atoms with Gasteiger partial charge in [-0.05, 0) is 18.9 Å². The number of rotatable bonds is 5. The zero-order valence-electron chi connectivity index (χ0n) is 9.41. The predicted octanol–water partition coefficient (Wildman–Crippen LogP) is -0.273. The van der Waals surface area contributed by atoms with Crippen LogP contribution in [0.15, 0.2) is 0 Å². The van der Waals surface area contributed by atoms with Gasteiger partial charge in [-0.2, -0.15) is 0 Å². The van der Waals surface area contributed by atoms with Gasteiger partial charge >= 0.3 is 0 Å². The fourth-order valence-corrected chi connectivity index (χ4v) is 2.33. The molecule has 1 aliphatic heterocycles. The summed E-state index contributed by atoms with van der Waals surface area (Å²) in [6, 6.07) is 0. The Morgan fingerprint density at radius 3 is 2.80 bits per heavy atom. The molecule has 1 saturated heterocycles. The molecule has 5 heteroatoms. The largest absolute Gasteiger partial charge is 0.356 e. The summed E-state index contributed by atoms with van der Waals surface area (Å²) in [7, 11) is -0.753. The maximum atomic E-state index is 11.7. The van der Waals surface area contributed by atoms with Crippen LogP contribution in [0, 0.1) is 11.8 Å². The third-order valence-electron chi connectivity index (χ3n) is 2.76. The van der Waals surface area contributed by atoms with E-state index >= 15 is 0 Å². The second kappa shape index (κ2) is 6.23. The van der Waals surface area contributed by atoms with Gasteiger partial charge in [0.2, 0.25) is 5.91 Å². The van der Waals surface area contributed by atoms with Gasteiger partial charge in [0.05, 0.1) is 5.92 Å². The highest BCUT2D eigenvalue weighted by Crippen LogP contribution is 2.15. The van der Waals surface area contributed by atoms with Gasteiger partial charge in [0.15, 0.2) is 0 Å². The quantitative estimate of drug-likeness (QED) is 0.641. The molecule has 1 amide bonds. The molecule has 3 atom stereocenters. The smallest absolute Gasteiger partial charge is 0.224 e. The van der Waals surface area contributed by atoms with E-state index in [1.165, 1.54) is 0 Å². The summed E-state index contributed by atoms with van der Waals surface area (Å²) in [5.74, 6) is 1.33. The van der Waals surface area contributed by atoms with Crippen LogP contribution in [0.25, 0.3) is 0 Å². The van der Waals surface area contributed by atoms with Crippen LogP contribution in [-0.2, 0) is 15.6 Å². The molecule has 0 spiro atoms. The van der Waals surface area contributed by atoms with Crippen molar-refractivity contribution in [2.24, 2.45) is 11.8 Å². The minimum Gasteiger partial charge on any atom is -0.356 e. The Balaban J connectivity index is 2.15. The van der Waals surface area contributed by atoms with Crippen molar-refractivity contribution in [1.29, 1.82) is 0 Å². The van der Waals surface area contributed by atoms with E-state index in [0.29, 0.717) is 18.2 Å². The Kier molecular flexibility index (Phi) is 5.25. The van der Waals surface area contributed by atoms with E-state index in [1.54, 1.807) is 6.26 Å². The zero-order chi connectivity index (χ0) is 11.3. The van der Waals surface area contributed by atoms with Crippen LogP contribution in [0.1, 0.15) is 13.3 Å². The molecule has 0 aromatic heterocycles. The third kappa shape index (κ3) is 4.30. The first-order valence-electron chi connectivity index (χ1n) is 5.39. The number of nitrogens with one attached hydrogen (secondary N) is 2. The van der Waals surface area contributed by atoms with Crippen molar-refractivity contribution in [2.45, 2.75) is 13.3 Å². The summed E-state index contributed by atoms with van der Waals surface area (Å²) >= 11 is 0. The first-order chi connectivity index (χ1) is 7.11. The number of hydrogen-bond acceptors (Lipinski definition) is 3. The maximum absolute atomic E-state index is 11.7. The van der Waals surface area contributed by atoms with Gasteiger partial charge < -0.3 is 10.6 Å². The van der Waals surface area contributed by atoms with Gasteiger partial charge in [0.1, 0.15) is 0 Å². The molecular formula is C10H20N2O2S. The molecule has 0 aromatic rings. The normalized spacial score (nSPS) is 27.6. The molecule has 0 saturated carbocycles. The van der Waals surface area contributed by atoms with Crippen LogP contribution in [0.2, 0.25) is 0 Å². The van der Waals surface area contributed by atoms with Gasteiger partial charge in [-0.3, -0.25) is 9.00 Å². The fourth-order valence-electron chi connectivity index (χ4n) is 1.78. The van der Waals surface area contributed by atoms with Crippen molar-refractivity contribution < 1.29 is 9.00 Å². The molecule has 0 radical (unpaired) electrons. The van der Waals surface area contributed by atoms with Crippen LogP contribution in [0.5, 0.6) is 0 Å². The Hall–Kier alpha value is -0.420. The van der Waals surface area contributed by atoms with E-state index in [-0.39, 0.29) is 11.8 Å². The third-order valence-corrected chi connectivity index (χ3v) is 3.63. The van der Waals surface area contributed by atoms with Gasteiger partial charge in [-0.15, -0.1) is 0 Å². The number of carbonyl (C=O) groups is 1. The molecule has 1 fully saturated rings. The fraction of sp³-hybridized carbons (Fsp3) is 0.900. The number of carbonyl (C=O) groups excluding carboxylic acids is 1. The molecule has 0 aromatic carbocycles. The topological polar surface area (TPSA) is 58.2 Å². The molecule has 88 valence electrons. The lowest BCUT2D eigenvalue weighted by Gasteiger charge is -2.13. The standard InChI is InChI=1S/C10H20N2O2S/c1-8-6-11-7-9(8)10(13)12-4-3-5-15(2)14/h8-9,11H,3-7H2,1-2H3,(H,12,13). The minimum atomic E-state index is -0.753. The van der Waals surface area contributed by atoms with Gasteiger partial charge in [0, 0.05) is 35.9 Å². The van der Waals surface area contributed by atoms with Crippen molar-refractivity contribution in [3.05, 3.63) is 0 Å². The SMILES string of the molecule is CC1CNCC1C(=O)NCCCS(C)=O. The maximum Gasteiger partial charge on any atom is 0.224 e. The summed E-state index contributed by atoms with van der Waals surface area (Å²) in [6.07, 6.45) is 2.48. The van der Waals surface area contributed by atoms with E-state index in [2.05, 4.69) is 17.6 Å². The Morgan fingerprint density at radius 1 is 1.53 bits per heavy atom. The van der Waals surface area contributed by atoms with Crippen molar-refractivity contribution in [2.75, 3.05) is 31.6 Å². The average Bonchev–Trinajstić information content (AvgIpc) is 2.58. The second-order valence-electron chi connectivity index (χ2n) is 4.16. The summed E-state index contributed by atoms with van der Waals surface area (Å²) in [6.45, 7) is 4.44. The highest BCUT2D eigenvalue weighted by Gasteiger charge is 2.28. The van der Waals surface area contributed by atoms with Crippen molar-refractivity contribution in [3.63, 3.8) is 0 Å². The van der Waals surface area contributed by atoms with E-state index in [9.17, 15) is 9.00 Å². The Bertz CT molecular complexity index is 246. The van der Waals surface area contributed by atoms with Crippen LogP contribution in [0.3, 0.4) is 0 Å². The second-order valence-corrected chi connectivity index (χ2v) is 5.72. The van der Waals surface area contributed by atoms with E-state index in [1.807, 2.05) is 0 Å². The average molecular weight is 232 g/mol.